The molecule has 0 saturated carbocycles. The van der Waals surface area contributed by atoms with Crippen molar-refractivity contribution < 1.29 is 5.11 Å². The van der Waals surface area contributed by atoms with Crippen LogP contribution in [0, 0.1) is 5.92 Å². The van der Waals surface area contributed by atoms with E-state index in [4.69, 9.17) is 5.73 Å². The Balaban J connectivity index is 2.39. The summed E-state index contributed by atoms with van der Waals surface area (Å²) in [6, 6.07) is 0.524. The zero-order valence-corrected chi connectivity index (χ0v) is 10.4. The number of rotatable bonds is 4. The molecule has 1 saturated heterocycles. The van der Waals surface area contributed by atoms with Gasteiger partial charge in [-0.25, -0.2) is 0 Å². The average Bonchev–Trinajstić information content (AvgIpc) is 2.14. The molecule has 1 heterocycles. The van der Waals surface area contributed by atoms with Gasteiger partial charge in [-0.05, 0) is 45.6 Å². The lowest BCUT2D eigenvalue weighted by Crippen LogP contribution is -2.47. The lowest BCUT2D eigenvalue weighted by molar-refractivity contribution is 0.0401. The van der Waals surface area contributed by atoms with Crippen molar-refractivity contribution in [2.24, 2.45) is 11.7 Å². The van der Waals surface area contributed by atoms with Gasteiger partial charge >= 0.3 is 0 Å². The van der Waals surface area contributed by atoms with Crippen LogP contribution in [0.5, 0.6) is 0 Å². The van der Waals surface area contributed by atoms with Gasteiger partial charge in [-0.3, -0.25) is 4.90 Å². The molecule has 2 unspecified atom stereocenters. The number of aliphatic hydroxyl groups is 1. The van der Waals surface area contributed by atoms with Gasteiger partial charge in [0.05, 0.1) is 5.60 Å². The first-order valence-electron chi connectivity index (χ1n) is 6.09. The molecule has 0 aromatic rings. The Labute approximate surface area is 93.6 Å². The maximum atomic E-state index is 9.70. The molecule has 3 heteroatoms. The van der Waals surface area contributed by atoms with Crippen LogP contribution in [0.4, 0.5) is 0 Å². The minimum absolute atomic E-state index is 0.524. The molecule has 3 nitrogen and oxygen atoms in total. The second-order valence-electron chi connectivity index (χ2n) is 5.62. The highest BCUT2D eigenvalue weighted by atomic mass is 16.3. The van der Waals surface area contributed by atoms with Crippen molar-refractivity contribution in [1.82, 2.24) is 4.90 Å². The molecule has 0 bridgehead atoms. The highest BCUT2D eigenvalue weighted by Gasteiger charge is 2.26. The molecular formula is C12H26N2O. The van der Waals surface area contributed by atoms with Crippen LogP contribution >= 0.6 is 0 Å². The van der Waals surface area contributed by atoms with Crippen LogP contribution in [0.25, 0.3) is 0 Å². The summed E-state index contributed by atoms with van der Waals surface area (Å²) in [6.07, 6.45) is 3.31. The number of hydrogen-bond acceptors (Lipinski definition) is 3. The van der Waals surface area contributed by atoms with Gasteiger partial charge in [-0.15, -0.1) is 0 Å². The Morgan fingerprint density at radius 3 is 2.67 bits per heavy atom. The molecule has 3 N–H and O–H groups in total. The molecule has 0 amide bonds. The van der Waals surface area contributed by atoms with Crippen LogP contribution in [-0.4, -0.2) is 41.3 Å². The van der Waals surface area contributed by atoms with E-state index in [2.05, 4.69) is 11.8 Å². The predicted octanol–water partition coefficient (Wildman–Crippen LogP) is 1.21. The molecule has 0 radical (unpaired) electrons. The van der Waals surface area contributed by atoms with Crippen molar-refractivity contribution in [3.8, 4) is 0 Å². The number of hydrogen-bond donors (Lipinski definition) is 2. The molecule has 0 aromatic carbocycles. The first kappa shape index (κ1) is 12.9. The number of piperidine rings is 1. The molecule has 2 atom stereocenters. The van der Waals surface area contributed by atoms with E-state index in [1.807, 2.05) is 13.8 Å². The van der Waals surface area contributed by atoms with Gasteiger partial charge in [0.15, 0.2) is 0 Å². The van der Waals surface area contributed by atoms with E-state index in [1.165, 1.54) is 12.8 Å². The summed E-state index contributed by atoms with van der Waals surface area (Å²) in [5, 5.41) is 9.70. The Bertz CT molecular complexity index is 189. The maximum Gasteiger partial charge on any atom is 0.0603 e. The zero-order chi connectivity index (χ0) is 11.5. The monoisotopic (exact) mass is 214 g/mol. The van der Waals surface area contributed by atoms with Crippen molar-refractivity contribution in [2.75, 3.05) is 19.6 Å². The third kappa shape index (κ3) is 4.49. The van der Waals surface area contributed by atoms with Crippen LogP contribution in [0.1, 0.15) is 40.0 Å². The van der Waals surface area contributed by atoms with Crippen molar-refractivity contribution >= 4 is 0 Å². The Kier molecular flexibility index (Phi) is 4.56. The highest BCUT2D eigenvalue weighted by Crippen LogP contribution is 2.23. The summed E-state index contributed by atoms with van der Waals surface area (Å²) < 4.78 is 0. The second-order valence-corrected chi connectivity index (χ2v) is 5.62. The number of nitrogens with zero attached hydrogens (tertiary/aromatic N) is 1. The van der Waals surface area contributed by atoms with Crippen molar-refractivity contribution in [1.29, 1.82) is 0 Å². The van der Waals surface area contributed by atoms with Gasteiger partial charge in [0.2, 0.25) is 0 Å². The number of likely N-dealkylation sites (tertiary alicyclic amines) is 1. The third-order valence-corrected chi connectivity index (χ3v) is 3.38. The fourth-order valence-corrected chi connectivity index (χ4v) is 2.26. The summed E-state index contributed by atoms with van der Waals surface area (Å²) in [7, 11) is 0. The predicted molar refractivity (Wildman–Crippen MR) is 63.7 cm³/mol. The van der Waals surface area contributed by atoms with Crippen LogP contribution in [0.15, 0.2) is 0 Å². The molecule has 90 valence electrons. The fraction of sp³-hybridized carbons (Fsp3) is 1.00. The topological polar surface area (TPSA) is 49.5 Å². The standard InChI is InChI=1S/C12H26N2O/c1-10-4-6-14(11(8-10)9-13)7-5-12(2,3)15/h10-11,15H,4-9,13H2,1-3H3. The Morgan fingerprint density at radius 1 is 1.47 bits per heavy atom. The van der Waals surface area contributed by atoms with Gasteiger partial charge in [-0.1, -0.05) is 6.92 Å². The average molecular weight is 214 g/mol. The number of nitrogens with two attached hydrogens (primary N) is 1. The smallest absolute Gasteiger partial charge is 0.0603 e. The quantitative estimate of drug-likeness (QED) is 0.739. The largest absolute Gasteiger partial charge is 0.390 e. The summed E-state index contributed by atoms with van der Waals surface area (Å²) in [6.45, 7) is 8.90. The van der Waals surface area contributed by atoms with Gasteiger partial charge in [0, 0.05) is 19.1 Å². The van der Waals surface area contributed by atoms with E-state index in [0.717, 1.165) is 32.0 Å². The van der Waals surface area contributed by atoms with Crippen LogP contribution in [-0.2, 0) is 0 Å². The normalized spacial score (nSPS) is 29.4. The first-order valence-corrected chi connectivity index (χ1v) is 6.09. The minimum Gasteiger partial charge on any atom is -0.390 e. The maximum absolute atomic E-state index is 9.70. The molecular weight excluding hydrogens is 188 g/mol. The van der Waals surface area contributed by atoms with E-state index in [0.29, 0.717) is 6.04 Å². The van der Waals surface area contributed by atoms with Gasteiger partial charge in [-0.2, -0.15) is 0 Å². The molecule has 0 spiro atoms. The summed E-state index contributed by atoms with van der Waals surface area (Å²) in [5.74, 6) is 0.803. The van der Waals surface area contributed by atoms with Gasteiger partial charge in [0.1, 0.15) is 0 Å². The fourth-order valence-electron chi connectivity index (χ4n) is 2.26. The summed E-state index contributed by atoms with van der Waals surface area (Å²) >= 11 is 0. The Hall–Kier alpha value is -0.120. The third-order valence-electron chi connectivity index (χ3n) is 3.38. The van der Waals surface area contributed by atoms with Crippen LogP contribution < -0.4 is 5.73 Å². The molecule has 0 aliphatic carbocycles. The second kappa shape index (κ2) is 5.28. The Morgan fingerprint density at radius 2 is 2.13 bits per heavy atom. The molecule has 0 aromatic heterocycles. The molecule has 1 aliphatic heterocycles. The molecule has 1 aliphatic rings. The van der Waals surface area contributed by atoms with Crippen molar-refractivity contribution in [2.45, 2.75) is 51.7 Å². The van der Waals surface area contributed by atoms with E-state index in [1.54, 1.807) is 0 Å². The van der Waals surface area contributed by atoms with Gasteiger partial charge < -0.3 is 10.8 Å². The van der Waals surface area contributed by atoms with Crippen LogP contribution in [0.3, 0.4) is 0 Å². The lowest BCUT2D eigenvalue weighted by Gasteiger charge is -2.39. The SMILES string of the molecule is CC1CCN(CCC(C)(C)O)C(CN)C1. The molecule has 15 heavy (non-hydrogen) atoms. The van der Waals surface area contributed by atoms with E-state index in [9.17, 15) is 5.11 Å². The molecule has 1 rings (SSSR count). The minimum atomic E-state index is -0.553. The first-order chi connectivity index (χ1) is 6.92. The lowest BCUT2D eigenvalue weighted by atomic mass is 9.91. The molecule has 1 fully saturated rings. The van der Waals surface area contributed by atoms with Gasteiger partial charge in [0.25, 0.3) is 0 Å². The summed E-state index contributed by atoms with van der Waals surface area (Å²) in [5.41, 5.74) is 5.24. The van der Waals surface area contributed by atoms with E-state index in [-0.39, 0.29) is 0 Å². The van der Waals surface area contributed by atoms with E-state index < -0.39 is 5.60 Å². The summed E-state index contributed by atoms with van der Waals surface area (Å²) in [4.78, 5) is 2.44. The van der Waals surface area contributed by atoms with E-state index >= 15 is 0 Å². The van der Waals surface area contributed by atoms with Crippen molar-refractivity contribution in [3.63, 3.8) is 0 Å². The zero-order valence-electron chi connectivity index (χ0n) is 10.4. The highest BCUT2D eigenvalue weighted by molar-refractivity contribution is 4.82. The van der Waals surface area contributed by atoms with Crippen molar-refractivity contribution in [3.05, 3.63) is 0 Å². The van der Waals surface area contributed by atoms with Crippen LogP contribution in [0.2, 0.25) is 0 Å².